The molecule has 0 saturated heterocycles. The molecular formula is C16H21BrFN3. The Kier molecular flexibility index (Phi) is 4.71. The maximum Gasteiger partial charge on any atom is 0.124 e. The molecule has 1 heterocycles. The summed E-state index contributed by atoms with van der Waals surface area (Å²) in [5.41, 5.74) is 4.17. The number of benzene rings is 1. The molecule has 21 heavy (non-hydrogen) atoms. The van der Waals surface area contributed by atoms with E-state index in [0.29, 0.717) is 6.04 Å². The van der Waals surface area contributed by atoms with Gasteiger partial charge in [-0.1, -0.05) is 22.0 Å². The first-order chi connectivity index (χ1) is 9.81. The second kappa shape index (κ2) is 6.18. The number of nitrogens with zero attached hydrogens (tertiary/aromatic N) is 2. The third-order valence-corrected chi connectivity index (χ3v) is 4.29. The molecule has 0 saturated carbocycles. The van der Waals surface area contributed by atoms with E-state index in [9.17, 15) is 4.39 Å². The molecule has 2 rings (SSSR count). The van der Waals surface area contributed by atoms with Crippen LogP contribution in [0, 0.1) is 19.7 Å². The van der Waals surface area contributed by atoms with Gasteiger partial charge in [-0.2, -0.15) is 5.10 Å². The van der Waals surface area contributed by atoms with Crippen molar-refractivity contribution in [2.45, 2.75) is 46.7 Å². The van der Waals surface area contributed by atoms with Gasteiger partial charge in [0.05, 0.1) is 17.1 Å². The van der Waals surface area contributed by atoms with Crippen LogP contribution in [0.5, 0.6) is 0 Å². The Hall–Kier alpha value is -1.36. The summed E-state index contributed by atoms with van der Waals surface area (Å²) in [6.07, 6.45) is 0. The number of anilines is 1. The van der Waals surface area contributed by atoms with Crippen LogP contribution in [0.25, 0.3) is 0 Å². The molecule has 114 valence electrons. The van der Waals surface area contributed by atoms with E-state index < -0.39 is 0 Å². The molecule has 3 nitrogen and oxygen atoms in total. The van der Waals surface area contributed by atoms with Crippen LogP contribution in [0.4, 0.5) is 10.1 Å². The van der Waals surface area contributed by atoms with Gasteiger partial charge in [0.25, 0.3) is 0 Å². The zero-order valence-corrected chi connectivity index (χ0v) is 14.6. The first kappa shape index (κ1) is 16.0. The molecule has 1 atom stereocenters. The number of nitrogens with one attached hydrogen (secondary N) is 1. The maximum absolute atomic E-state index is 13.2. The molecule has 0 amide bonds. The summed E-state index contributed by atoms with van der Waals surface area (Å²) in [5.74, 6) is -0.238. The van der Waals surface area contributed by atoms with Gasteiger partial charge in [-0.25, -0.2) is 4.39 Å². The van der Waals surface area contributed by atoms with E-state index in [0.717, 1.165) is 27.1 Å². The first-order valence-corrected chi connectivity index (χ1v) is 7.87. The van der Waals surface area contributed by atoms with E-state index in [2.05, 4.69) is 54.0 Å². The number of halogens is 2. The fourth-order valence-corrected chi connectivity index (χ4v) is 3.22. The van der Waals surface area contributed by atoms with Gasteiger partial charge < -0.3 is 5.32 Å². The molecule has 5 heteroatoms. The van der Waals surface area contributed by atoms with Crippen molar-refractivity contribution in [2.75, 3.05) is 5.32 Å². The minimum Gasteiger partial charge on any atom is -0.376 e. The minimum atomic E-state index is -0.238. The molecule has 0 fully saturated rings. The number of rotatable bonds is 4. The van der Waals surface area contributed by atoms with Gasteiger partial charge >= 0.3 is 0 Å². The largest absolute Gasteiger partial charge is 0.376 e. The second-order valence-electron chi connectivity index (χ2n) is 5.62. The fraction of sp³-hybridized carbons (Fsp3) is 0.438. The number of hydrogen-bond donors (Lipinski definition) is 1. The van der Waals surface area contributed by atoms with Crippen molar-refractivity contribution in [3.05, 3.63) is 45.4 Å². The predicted molar refractivity (Wildman–Crippen MR) is 88.2 cm³/mol. The lowest BCUT2D eigenvalue weighted by molar-refractivity contribution is 0.516. The zero-order chi connectivity index (χ0) is 15.7. The van der Waals surface area contributed by atoms with Crippen molar-refractivity contribution >= 4 is 21.6 Å². The normalized spacial score (nSPS) is 12.8. The second-order valence-corrected chi connectivity index (χ2v) is 6.47. The van der Waals surface area contributed by atoms with Gasteiger partial charge in [0, 0.05) is 16.6 Å². The highest BCUT2D eigenvalue weighted by Crippen LogP contribution is 2.30. The van der Waals surface area contributed by atoms with E-state index >= 15 is 0 Å². The minimum absolute atomic E-state index is 0.0576. The standard InChI is InChI=1S/C16H21BrFN3/c1-9(2)21-12(5)16(11(4)20-21)19-10(3)14-7-6-13(18)8-15(14)17/h6-10,19H,1-5H3. The maximum atomic E-state index is 13.2. The SMILES string of the molecule is Cc1nn(C(C)C)c(C)c1NC(C)c1ccc(F)cc1Br. The summed E-state index contributed by atoms with van der Waals surface area (Å²) in [6, 6.07) is 5.16. The van der Waals surface area contributed by atoms with Crippen molar-refractivity contribution < 1.29 is 4.39 Å². The van der Waals surface area contributed by atoms with Crippen LogP contribution >= 0.6 is 15.9 Å². The highest BCUT2D eigenvalue weighted by atomic mass is 79.9. The van der Waals surface area contributed by atoms with Gasteiger partial charge in [-0.3, -0.25) is 4.68 Å². The van der Waals surface area contributed by atoms with Crippen LogP contribution in [0.15, 0.2) is 22.7 Å². The van der Waals surface area contributed by atoms with Crippen molar-refractivity contribution in [1.29, 1.82) is 0 Å². The Labute approximate surface area is 133 Å². The lowest BCUT2D eigenvalue weighted by atomic mass is 10.1. The smallest absolute Gasteiger partial charge is 0.124 e. The molecule has 0 aliphatic carbocycles. The number of hydrogen-bond acceptors (Lipinski definition) is 2. The molecule has 1 N–H and O–H groups in total. The van der Waals surface area contributed by atoms with Gasteiger partial charge in [-0.15, -0.1) is 0 Å². The summed E-state index contributed by atoms with van der Waals surface area (Å²) in [6.45, 7) is 10.4. The van der Waals surface area contributed by atoms with Crippen LogP contribution in [0.1, 0.15) is 49.8 Å². The third-order valence-electron chi connectivity index (χ3n) is 3.60. The van der Waals surface area contributed by atoms with Crippen molar-refractivity contribution in [3.8, 4) is 0 Å². The van der Waals surface area contributed by atoms with Crippen LogP contribution < -0.4 is 5.32 Å². The lowest BCUT2D eigenvalue weighted by Crippen LogP contribution is -2.10. The van der Waals surface area contributed by atoms with E-state index in [4.69, 9.17) is 0 Å². The van der Waals surface area contributed by atoms with Crippen molar-refractivity contribution in [1.82, 2.24) is 9.78 Å². The Morgan fingerprint density at radius 3 is 2.43 bits per heavy atom. The predicted octanol–water partition coefficient (Wildman–Crippen LogP) is 5.16. The molecule has 0 spiro atoms. The van der Waals surface area contributed by atoms with Crippen LogP contribution in [-0.2, 0) is 0 Å². The fourth-order valence-electron chi connectivity index (χ4n) is 2.52. The Bertz CT molecular complexity index is 649. The molecule has 1 unspecified atom stereocenters. The summed E-state index contributed by atoms with van der Waals surface area (Å²) in [5, 5.41) is 8.07. The summed E-state index contributed by atoms with van der Waals surface area (Å²) in [4.78, 5) is 0. The topological polar surface area (TPSA) is 29.9 Å². The molecule has 2 aromatic rings. The third kappa shape index (κ3) is 3.28. The Morgan fingerprint density at radius 1 is 1.24 bits per heavy atom. The highest BCUT2D eigenvalue weighted by molar-refractivity contribution is 9.10. The van der Waals surface area contributed by atoms with Crippen LogP contribution in [-0.4, -0.2) is 9.78 Å². The quantitative estimate of drug-likeness (QED) is 0.822. The Balaban J connectivity index is 2.29. The number of aromatic nitrogens is 2. The monoisotopic (exact) mass is 353 g/mol. The zero-order valence-electron chi connectivity index (χ0n) is 13.0. The molecule has 1 aromatic carbocycles. The van der Waals surface area contributed by atoms with E-state index in [1.807, 2.05) is 11.6 Å². The van der Waals surface area contributed by atoms with E-state index in [1.165, 1.54) is 12.1 Å². The average Bonchev–Trinajstić information content (AvgIpc) is 2.66. The highest BCUT2D eigenvalue weighted by Gasteiger charge is 2.17. The van der Waals surface area contributed by atoms with Gasteiger partial charge in [-0.05, 0) is 52.3 Å². The van der Waals surface area contributed by atoms with Gasteiger partial charge in [0.2, 0.25) is 0 Å². The van der Waals surface area contributed by atoms with Crippen molar-refractivity contribution in [2.24, 2.45) is 0 Å². The first-order valence-electron chi connectivity index (χ1n) is 7.08. The van der Waals surface area contributed by atoms with E-state index in [-0.39, 0.29) is 11.9 Å². The van der Waals surface area contributed by atoms with Crippen LogP contribution in [0.2, 0.25) is 0 Å². The summed E-state index contributed by atoms with van der Waals surface area (Å²) >= 11 is 3.43. The molecule has 0 aliphatic heterocycles. The molecule has 0 aliphatic rings. The molecular weight excluding hydrogens is 333 g/mol. The molecule has 0 radical (unpaired) electrons. The summed E-state index contributed by atoms with van der Waals surface area (Å²) in [7, 11) is 0. The molecule has 0 bridgehead atoms. The van der Waals surface area contributed by atoms with E-state index in [1.54, 1.807) is 6.07 Å². The van der Waals surface area contributed by atoms with Gasteiger partial charge in [0.1, 0.15) is 5.82 Å². The van der Waals surface area contributed by atoms with Crippen LogP contribution in [0.3, 0.4) is 0 Å². The lowest BCUT2D eigenvalue weighted by Gasteiger charge is -2.18. The number of aryl methyl sites for hydroxylation is 1. The molecule has 1 aromatic heterocycles. The Morgan fingerprint density at radius 2 is 1.90 bits per heavy atom. The van der Waals surface area contributed by atoms with Crippen molar-refractivity contribution in [3.63, 3.8) is 0 Å². The summed E-state index contributed by atoms with van der Waals surface area (Å²) < 4.78 is 16.0. The van der Waals surface area contributed by atoms with Gasteiger partial charge in [0.15, 0.2) is 0 Å². The average molecular weight is 354 g/mol.